The van der Waals surface area contributed by atoms with Crippen molar-refractivity contribution in [1.82, 2.24) is 14.7 Å². The Morgan fingerprint density at radius 1 is 1.07 bits per heavy atom. The lowest BCUT2D eigenvalue weighted by Gasteiger charge is -2.31. The third-order valence-corrected chi connectivity index (χ3v) is 5.79. The van der Waals surface area contributed by atoms with E-state index in [9.17, 15) is 9.18 Å². The van der Waals surface area contributed by atoms with Gasteiger partial charge >= 0.3 is 0 Å². The molecule has 3 aromatic rings. The van der Waals surface area contributed by atoms with Gasteiger partial charge in [0.05, 0.1) is 5.69 Å². The number of aromatic nitrogens is 2. The molecule has 1 saturated heterocycles. The molecule has 1 fully saturated rings. The first-order valence-corrected chi connectivity index (χ1v) is 10.1. The minimum atomic E-state index is -0.200. The van der Waals surface area contributed by atoms with E-state index in [1.165, 1.54) is 17.7 Å². The molecule has 0 saturated carbocycles. The molecule has 1 aliphatic heterocycles. The molecule has 0 atom stereocenters. The minimum absolute atomic E-state index is 0.000746. The van der Waals surface area contributed by atoms with Crippen LogP contribution in [0.2, 0.25) is 0 Å². The molecule has 29 heavy (non-hydrogen) atoms. The average molecular weight is 391 g/mol. The molecule has 2 heterocycles. The summed E-state index contributed by atoms with van der Waals surface area (Å²) in [5.74, 6) is 0.324. The molecule has 1 aliphatic rings. The van der Waals surface area contributed by atoms with Crippen LogP contribution in [0.3, 0.4) is 0 Å². The van der Waals surface area contributed by atoms with Crippen LogP contribution in [-0.2, 0) is 13.5 Å². The molecular weight excluding hydrogens is 365 g/mol. The number of likely N-dealkylation sites (tertiary alicyclic amines) is 1. The normalized spacial score (nSPS) is 14.9. The van der Waals surface area contributed by atoms with Crippen molar-refractivity contribution >= 4 is 5.91 Å². The van der Waals surface area contributed by atoms with E-state index in [1.807, 2.05) is 30.1 Å². The maximum absolute atomic E-state index is 13.1. The molecule has 0 aliphatic carbocycles. The number of amides is 1. The summed E-state index contributed by atoms with van der Waals surface area (Å²) in [6.07, 6.45) is 2.85. The molecule has 4 nitrogen and oxygen atoms in total. The van der Waals surface area contributed by atoms with Gasteiger partial charge in [-0.2, -0.15) is 5.10 Å². The number of nitrogens with zero attached hydrogens (tertiary/aromatic N) is 3. The van der Waals surface area contributed by atoms with E-state index < -0.39 is 0 Å². The summed E-state index contributed by atoms with van der Waals surface area (Å²) in [7, 11) is 1.88. The highest BCUT2D eigenvalue weighted by Gasteiger charge is 2.26. The van der Waals surface area contributed by atoms with Gasteiger partial charge in [0, 0.05) is 20.1 Å². The number of aryl methyl sites for hydroxylation is 2. The fourth-order valence-electron chi connectivity index (χ4n) is 4.02. The fourth-order valence-corrected chi connectivity index (χ4v) is 4.02. The number of piperidine rings is 1. The molecule has 0 spiro atoms. The van der Waals surface area contributed by atoms with E-state index in [0.717, 1.165) is 49.2 Å². The first-order valence-electron chi connectivity index (χ1n) is 10.1. The highest BCUT2D eigenvalue weighted by Crippen LogP contribution is 2.25. The third-order valence-electron chi connectivity index (χ3n) is 5.79. The van der Waals surface area contributed by atoms with Gasteiger partial charge in [-0.3, -0.25) is 9.48 Å². The number of rotatable bonds is 4. The summed E-state index contributed by atoms with van der Waals surface area (Å²) in [4.78, 5) is 14.9. The summed E-state index contributed by atoms with van der Waals surface area (Å²) in [6.45, 7) is 3.53. The van der Waals surface area contributed by atoms with Gasteiger partial charge in [0.2, 0.25) is 0 Å². The standard InChI is InChI=1S/C24H26FN3O/c1-17-3-7-20(8-4-17)23-16-22(26-27(23)2)24(29)28-13-11-19(12-14-28)15-18-5-9-21(25)10-6-18/h3-10,16,19H,11-15H2,1-2H3. The van der Waals surface area contributed by atoms with Crippen LogP contribution in [0.4, 0.5) is 4.39 Å². The van der Waals surface area contributed by atoms with Gasteiger partial charge < -0.3 is 4.90 Å². The predicted octanol–water partition coefficient (Wildman–Crippen LogP) is 4.63. The molecule has 5 heteroatoms. The molecule has 4 rings (SSSR count). The van der Waals surface area contributed by atoms with Gasteiger partial charge in [-0.05, 0) is 61.4 Å². The topological polar surface area (TPSA) is 38.1 Å². The first-order chi connectivity index (χ1) is 14.0. The van der Waals surface area contributed by atoms with Crippen molar-refractivity contribution in [3.63, 3.8) is 0 Å². The number of halogens is 1. The Bertz CT molecular complexity index is 984. The molecule has 2 aromatic carbocycles. The van der Waals surface area contributed by atoms with E-state index in [2.05, 4.69) is 36.3 Å². The zero-order valence-corrected chi connectivity index (χ0v) is 16.9. The summed E-state index contributed by atoms with van der Waals surface area (Å²) >= 11 is 0. The van der Waals surface area contributed by atoms with Crippen LogP contribution in [-0.4, -0.2) is 33.7 Å². The summed E-state index contributed by atoms with van der Waals surface area (Å²) in [5.41, 5.74) is 4.86. The van der Waals surface area contributed by atoms with Crippen LogP contribution in [0.1, 0.15) is 34.5 Å². The van der Waals surface area contributed by atoms with Gasteiger partial charge in [-0.1, -0.05) is 42.0 Å². The Balaban J connectivity index is 1.39. The molecule has 1 amide bonds. The predicted molar refractivity (Wildman–Crippen MR) is 112 cm³/mol. The first kappa shape index (κ1) is 19.4. The Morgan fingerprint density at radius 2 is 1.72 bits per heavy atom. The number of benzene rings is 2. The van der Waals surface area contributed by atoms with Crippen LogP contribution in [0.15, 0.2) is 54.6 Å². The van der Waals surface area contributed by atoms with Crippen molar-refractivity contribution in [2.24, 2.45) is 13.0 Å². The Morgan fingerprint density at radius 3 is 2.38 bits per heavy atom. The van der Waals surface area contributed by atoms with Crippen molar-refractivity contribution in [2.75, 3.05) is 13.1 Å². The summed E-state index contributed by atoms with van der Waals surface area (Å²) in [6, 6.07) is 16.9. The Kier molecular flexibility index (Phi) is 5.47. The molecular formula is C24H26FN3O. The van der Waals surface area contributed by atoms with E-state index >= 15 is 0 Å². The van der Waals surface area contributed by atoms with Gasteiger partial charge in [-0.25, -0.2) is 4.39 Å². The van der Waals surface area contributed by atoms with Crippen LogP contribution in [0.5, 0.6) is 0 Å². The SMILES string of the molecule is Cc1ccc(-c2cc(C(=O)N3CCC(Cc4ccc(F)cc4)CC3)nn2C)cc1. The molecule has 0 unspecified atom stereocenters. The summed E-state index contributed by atoms with van der Waals surface area (Å²) in [5, 5.41) is 4.47. The lowest BCUT2D eigenvalue weighted by Crippen LogP contribution is -2.39. The van der Waals surface area contributed by atoms with Crippen LogP contribution in [0, 0.1) is 18.7 Å². The summed E-state index contributed by atoms with van der Waals surface area (Å²) < 4.78 is 14.8. The van der Waals surface area contributed by atoms with Crippen LogP contribution >= 0.6 is 0 Å². The molecule has 1 aromatic heterocycles. The van der Waals surface area contributed by atoms with E-state index in [1.54, 1.807) is 4.68 Å². The number of hydrogen-bond acceptors (Lipinski definition) is 2. The van der Waals surface area contributed by atoms with Crippen molar-refractivity contribution in [2.45, 2.75) is 26.2 Å². The Labute approximate surface area is 171 Å². The molecule has 0 N–H and O–H groups in total. The molecule has 0 radical (unpaired) electrons. The molecule has 0 bridgehead atoms. The maximum atomic E-state index is 13.1. The lowest BCUT2D eigenvalue weighted by atomic mass is 9.90. The van der Waals surface area contributed by atoms with Crippen LogP contribution < -0.4 is 0 Å². The quantitative estimate of drug-likeness (QED) is 0.650. The van der Waals surface area contributed by atoms with Crippen LogP contribution in [0.25, 0.3) is 11.3 Å². The van der Waals surface area contributed by atoms with Gasteiger partial charge in [-0.15, -0.1) is 0 Å². The lowest BCUT2D eigenvalue weighted by molar-refractivity contribution is 0.0684. The third kappa shape index (κ3) is 4.39. The zero-order valence-electron chi connectivity index (χ0n) is 16.9. The average Bonchev–Trinajstić information content (AvgIpc) is 3.12. The second kappa shape index (κ2) is 8.19. The van der Waals surface area contributed by atoms with Crippen molar-refractivity contribution in [3.05, 3.63) is 77.2 Å². The van der Waals surface area contributed by atoms with E-state index in [0.29, 0.717) is 11.6 Å². The second-order valence-electron chi connectivity index (χ2n) is 7.97. The van der Waals surface area contributed by atoms with Crippen molar-refractivity contribution in [1.29, 1.82) is 0 Å². The van der Waals surface area contributed by atoms with Gasteiger partial charge in [0.1, 0.15) is 5.82 Å². The van der Waals surface area contributed by atoms with E-state index in [4.69, 9.17) is 0 Å². The fraction of sp³-hybridized carbons (Fsp3) is 0.333. The monoisotopic (exact) mass is 391 g/mol. The van der Waals surface area contributed by atoms with Crippen molar-refractivity contribution in [3.8, 4) is 11.3 Å². The van der Waals surface area contributed by atoms with Gasteiger partial charge in [0.25, 0.3) is 5.91 Å². The number of hydrogen-bond donors (Lipinski definition) is 0. The number of carbonyl (C=O) groups excluding carboxylic acids is 1. The Hall–Kier alpha value is -2.95. The minimum Gasteiger partial charge on any atom is -0.337 e. The maximum Gasteiger partial charge on any atom is 0.274 e. The van der Waals surface area contributed by atoms with E-state index in [-0.39, 0.29) is 11.7 Å². The molecule has 150 valence electrons. The zero-order chi connectivity index (χ0) is 20.4. The highest BCUT2D eigenvalue weighted by atomic mass is 19.1. The van der Waals surface area contributed by atoms with Crippen molar-refractivity contribution < 1.29 is 9.18 Å². The van der Waals surface area contributed by atoms with Gasteiger partial charge in [0.15, 0.2) is 5.69 Å². The number of carbonyl (C=O) groups is 1. The smallest absolute Gasteiger partial charge is 0.274 e. The largest absolute Gasteiger partial charge is 0.337 e. The highest BCUT2D eigenvalue weighted by molar-refractivity contribution is 5.93. The second-order valence-corrected chi connectivity index (χ2v) is 7.97.